The molecule has 0 aromatic heterocycles. The molecule has 4 nitrogen and oxygen atoms in total. The zero-order valence-electron chi connectivity index (χ0n) is 10.8. The van der Waals surface area contributed by atoms with Gasteiger partial charge in [0.05, 0.1) is 20.3 Å². The molecule has 1 unspecified atom stereocenters. The summed E-state index contributed by atoms with van der Waals surface area (Å²) in [6, 6.07) is -0.221. The van der Waals surface area contributed by atoms with Crippen molar-refractivity contribution >= 4 is 5.97 Å². The van der Waals surface area contributed by atoms with Crippen molar-refractivity contribution in [3.05, 3.63) is 0 Å². The third kappa shape index (κ3) is 4.10. The molecule has 1 saturated heterocycles. The number of methoxy groups -OCH3 is 1. The van der Waals surface area contributed by atoms with Gasteiger partial charge in [-0.1, -0.05) is 20.8 Å². The molecule has 0 aromatic carbocycles. The molecule has 0 saturated carbocycles. The number of carbonyl (C=O) groups excluding carboxylic acids is 1. The van der Waals surface area contributed by atoms with Gasteiger partial charge in [0.2, 0.25) is 0 Å². The molecule has 0 N–H and O–H groups in total. The average Bonchev–Trinajstić information content (AvgIpc) is 2.25. The fourth-order valence-corrected chi connectivity index (χ4v) is 1.74. The topological polar surface area (TPSA) is 38.8 Å². The lowest BCUT2D eigenvalue weighted by Crippen LogP contribution is -2.51. The lowest BCUT2D eigenvalue weighted by atomic mass is 9.92. The summed E-state index contributed by atoms with van der Waals surface area (Å²) in [6.07, 6.45) is 1.07. The van der Waals surface area contributed by atoms with Gasteiger partial charge in [-0.15, -0.1) is 0 Å². The Bertz CT molecular complexity index is 235. The van der Waals surface area contributed by atoms with Gasteiger partial charge in [-0.3, -0.25) is 9.69 Å². The molecule has 1 heterocycles. The van der Waals surface area contributed by atoms with Gasteiger partial charge in [-0.05, 0) is 18.4 Å². The van der Waals surface area contributed by atoms with E-state index in [0.29, 0.717) is 18.6 Å². The summed E-state index contributed by atoms with van der Waals surface area (Å²) in [6.45, 7) is 9.53. The van der Waals surface area contributed by atoms with Gasteiger partial charge in [0.1, 0.15) is 6.04 Å². The first-order chi connectivity index (χ1) is 7.44. The highest BCUT2D eigenvalue weighted by atomic mass is 16.5. The van der Waals surface area contributed by atoms with E-state index in [0.717, 1.165) is 19.5 Å². The fourth-order valence-electron chi connectivity index (χ4n) is 1.74. The molecule has 0 radical (unpaired) electrons. The van der Waals surface area contributed by atoms with E-state index in [4.69, 9.17) is 9.47 Å². The highest BCUT2D eigenvalue weighted by Gasteiger charge is 2.30. The van der Waals surface area contributed by atoms with E-state index in [1.54, 1.807) is 0 Å². The lowest BCUT2D eigenvalue weighted by Gasteiger charge is -2.35. The van der Waals surface area contributed by atoms with E-state index in [9.17, 15) is 4.79 Å². The second-order valence-electron chi connectivity index (χ2n) is 5.46. The number of hydrogen-bond acceptors (Lipinski definition) is 4. The molecule has 0 bridgehead atoms. The molecule has 16 heavy (non-hydrogen) atoms. The fraction of sp³-hybridized carbons (Fsp3) is 0.917. The van der Waals surface area contributed by atoms with Crippen molar-refractivity contribution in [2.75, 3.05) is 33.4 Å². The van der Waals surface area contributed by atoms with Crippen LogP contribution >= 0.6 is 0 Å². The van der Waals surface area contributed by atoms with Crippen LogP contribution in [0.3, 0.4) is 0 Å². The highest BCUT2D eigenvalue weighted by Crippen LogP contribution is 2.20. The lowest BCUT2D eigenvalue weighted by molar-refractivity contribution is -0.153. The Balaban J connectivity index is 2.50. The third-order valence-electron chi connectivity index (χ3n) is 2.86. The summed E-state index contributed by atoms with van der Waals surface area (Å²) in [5.74, 6) is -0.186. The van der Waals surface area contributed by atoms with Crippen molar-refractivity contribution in [3.63, 3.8) is 0 Å². The van der Waals surface area contributed by atoms with E-state index in [2.05, 4.69) is 25.7 Å². The van der Waals surface area contributed by atoms with Gasteiger partial charge >= 0.3 is 5.97 Å². The van der Waals surface area contributed by atoms with Crippen LogP contribution < -0.4 is 0 Å². The molecular formula is C12H23NO3. The molecule has 1 aliphatic heterocycles. The summed E-state index contributed by atoms with van der Waals surface area (Å²) in [5.41, 5.74) is 0.291. The van der Waals surface area contributed by atoms with Crippen molar-refractivity contribution in [1.82, 2.24) is 4.90 Å². The van der Waals surface area contributed by atoms with Crippen molar-refractivity contribution in [2.24, 2.45) is 5.41 Å². The van der Waals surface area contributed by atoms with E-state index >= 15 is 0 Å². The van der Waals surface area contributed by atoms with Crippen LogP contribution in [0.25, 0.3) is 0 Å². The first-order valence-corrected chi connectivity index (χ1v) is 5.83. The van der Waals surface area contributed by atoms with Crippen molar-refractivity contribution in [3.8, 4) is 0 Å². The van der Waals surface area contributed by atoms with Crippen LogP contribution in [-0.4, -0.2) is 50.3 Å². The second kappa shape index (κ2) is 5.64. The maximum atomic E-state index is 11.6. The zero-order valence-corrected chi connectivity index (χ0v) is 10.8. The van der Waals surface area contributed by atoms with Crippen LogP contribution in [-0.2, 0) is 14.3 Å². The van der Waals surface area contributed by atoms with Crippen molar-refractivity contribution in [2.45, 2.75) is 33.2 Å². The third-order valence-corrected chi connectivity index (χ3v) is 2.86. The van der Waals surface area contributed by atoms with Gasteiger partial charge in [0, 0.05) is 6.54 Å². The zero-order chi connectivity index (χ0) is 12.2. The second-order valence-corrected chi connectivity index (χ2v) is 5.46. The normalized spacial score (nSPS) is 23.1. The first kappa shape index (κ1) is 13.5. The standard InChI is InChI=1S/C12H23NO3/c1-12(2,3)5-6-13-7-8-16-9-10(13)11(14)15-4/h10H,5-9H2,1-4H3. The monoisotopic (exact) mass is 229 g/mol. The quantitative estimate of drug-likeness (QED) is 0.684. The van der Waals surface area contributed by atoms with Crippen LogP contribution in [0, 0.1) is 5.41 Å². The van der Waals surface area contributed by atoms with Gasteiger partial charge in [0.15, 0.2) is 0 Å². The minimum absolute atomic E-state index is 0.186. The number of morpholine rings is 1. The van der Waals surface area contributed by atoms with Crippen molar-refractivity contribution in [1.29, 1.82) is 0 Å². The Morgan fingerprint density at radius 1 is 1.50 bits per heavy atom. The number of nitrogens with zero attached hydrogens (tertiary/aromatic N) is 1. The summed E-state index contributed by atoms with van der Waals surface area (Å²) < 4.78 is 10.1. The predicted octanol–water partition coefficient (Wildman–Crippen LogP) is 1.30. The summed E-state index contributed by atoms with van der Waals surface area (Å²) >= 11 is 0. The molecule has 0 aromatic rings. The minimum atomic E-state index is -0.221. The molecule has 1 rings (SSSR count). The number of ether oxygens (including phenoxy) is 2. The van der Waals surface area contributed by atoms with Gasteiger partial charge in [-0.25, -0.2) is 0 Å². The molecule has 0 amide bonds. The van der Waals surface area contributed by atoms with Crippen LogP contribution in [0.4, 0.5) is 0 Å². The average molecular weight is 229 g/mol. The van der Waals surface area contributed by atoms with Crippen LogP contribution in [0.5, 0.6) is 0 Å². The van der Waals surface area contributed by atoms with E-state index in [-0.39, 0.29) is 12.0 Å². The number of carbonyl (C=O) groups is 1. The maximum Gasteiger partial charge on any atom is 0.325 e. The summed E-state index contributed by atoms with van der Waals surface area (Å²) in [5, 5.41) is 0. The van der Waals surface area contributed by atoms with E-state index < -0.39 is 0 Å². The molecule has 1 fully saturated rings. The maximum absolute atomic E-state index is 11.6. The Hall–Kier alpha value is -0.610. The van der Waals surface area contributed by atoms with E-state index in [1.165, 1.54) is 7.11 Å². The highest BCUT2D eigenvalue weighted by molar-refractivity contribution is 5.75. The Kier molecular flexibility index (Phi) is 4.74. The number of hydrogen-bond donors (Lipinski definition) is 0. The summed E-state index contributed by atoms with van der Waals surface area (Å²) in [7, 11) is 1.43. The van der Waals surface area contributed by atoms with Crippen LogP contribution in [0.2, 0.25) is 0 Å². The summed E-state index contributed by atoms with van der Waals surface area (Å²) in [4.78, 5) is 13.7. The Morgan fingerprint density at radius 3 is 2.75 bits per heavy atom. The first-order valence-electron chi connectivity index (χ1n) is 5.83. The van der Waals surface area contributed by atoms with Crippen LogP contribution in [0.15, 0.2) is 0 Å². The molecule has 1 aliphatic rings. The Morgan fingerprint density at radius 2 is 2.19 bits per heavy atom. The Labute approximate surface area is 97.9 Å². The van der Waals surface area contributed by atoms with Crippen molar-refractivity contribution < 1.29 is 14.3 Å². The molecule has 94 valence electrons. The molecule has 0 spiro atoms. The number of rotatable bonds is 3. The van der Waals surface area contributed by atoms with Gasteiger partial charge in [-0.2, -0.15) is 0 Å². The van der Waals surface area contributed by atoms with Crippen LogP contribution in [0.1, 0.15) is 27.2 Å². The molecule has 0 aliphatic carbocycles. The molecule has 4 heteroatoms. The molecule has 1 atom stereocenters. The van der Waals surface area contributed by atoms with E-state index in [1.807, 2.05) is 0 Å². The van der Waals surface area contributed by atoms with Gasteiger partial charge < -0.3 is 9.47 Å². The smallest absolute Gasteiger partial charge is 0.325 e. The molecular weight excluding hydrogens is 206 g/mol. The predicted molar refractivity (Wildman–Crippen MR) is 62.3 cm³/mol. The SMILES string of the molecule is COC(=O)C1COCCN1CCC(C)(C)C. The number of esters is 1. The minimum Gasteiger partial charge on any atom is -0.468 e. The largest absolute Gasteiger partial charge is 0.468 e. The van der Waals surface area contributed by atoms with Gasteiger partial charge in [0.25, 0.3) is 0 Å².